The number of nitro groups is 1. The monoisotopic (exact) mass is 418 g/mol. The molecule has 4 rings (SSSR count). The van der Waals surface area contributed by atoms with Crippen LogP contribution < -0.4 is 0 Å². The van der Waals surface area contributed by atoms with E-state index in [2.05, 4.69) is 10.1 Å². The van der Waals surface area contributed by atoms with Gasteiger partial charge in [0.05, 0.1) is 10.8 Å². The molecule has 0 saturated carbocycles. The molecule has 158 valence electrons. The lowest BCUT2D eigenvalue weighted by Crippen LogP contribution is -2.38. The van der Waals surface area contributed by atoms with Gasteiger partial charge in [-0.3, -0.25) is 14.9 Å². The number of hydrogen-bond acceptors (Lipinski definition) is 6. The number of benzene rings is 2. The van der Waals surface area contributed by atoms with Crippen molar-refractivity contribution in [1.29, 1.82) is 0 Å². The van der Waals surface area contributed by atoms with Crippen LogP contribution in [0.3, 0.4) is 0 Å². The Balaban J connectivity index is 1.41. The largest absolute Gasteiger partial charge is 0.339 e. The number of aromatic nitrogens is 2. The zero-order valence-corrected chi connectivity index (χ0v) is 17.1. The van der Waals surface area contributed by atoms with Crippen molar-refractivity contribution < 1.29 is 14.2 Å². The van der Waals surface area contributed by atoms with E-state index in [1.165, 1.54) is 18.2 Å². The maximum Gasteiger partial charge on any atom is 0.269 e. The normalized spacial score (nSPS) is 16.5. The van der Waals surface area contributed by atoms with Gasteiger partial charge in [-0.2, -0.15) is 4.98 Å². The molecule has 0 radical (unpaired) electrons. The number of rotatable bonds is 5. The summed E-state index contributed by atoms with van der Waals surface area (Å²) in [5, 5.41) is 14.9. The minimum atomic E-state index is -0.450. The highest BCUT2D eigenvalue weighted by atomic mass is 16.6. The molecule has 0 spiro atoms. The predicted molar refractivity (Wildman–Crippen MR) is 115 cm³/mol. The highest BCUT2D eigenvalue weighted by Gasteiger charge is 2.28. The standard InChI is InChI=1S/C23H22N4O4/c1-16-4-2-5-18(14-16)22-24-23(31-25-22)19-6-3-13-26(15-19)21(28)12-9-17-7-10-20(11-8-17)27(29)30/h2,4-5,7-12,14,19H,3,6,13,15H2,1H3/b12-9+. The number of aryl methyl sites for hydroxylation is 1. The average molecular weight is 418 g/mol. The third-order valence-electron chi connectivity index (χ3n) is 5.32. The van der Waals surface area contributed by atoms with Crippen molar-refractivity contribution in [3.8, 4) is 11.4 Å². The first-order chi connectivity index (χ1) is 15.0. The topological polar surface area (TPSA) is 102 Å². The van der Waals surface area contributed by atoms with Crippen LogP contribution in [0.4, 0.5) is 5.69 Å². The summed E-state index contributed by atoms with van der Waals surface area (Å²) in [6, 6.07) is 14.0. The van der Waals surface area contributed by atoms with Crippen LogP contribution in [0.15, 0.2) is 59.1 Å². The number of carbonyl (C=O) groups excluding carboxylic acids is 1. The molecule has 0 bridgehead atoms. The zero-order valence-electron chi connectivity index (χ0n) is 17.1. The molecule has 2 aromatic carbocycles. The fourth-order valence-corrected chi connectivity index (χ4v) is 3.66. The van der Waals surface area contributed by atoms with E-state index >= 15 is 0 Å². The van der Waals surface area contributed by atoms with Gasteiger partial charge in [0.15, 0.2) is 0 Å². The molecule has 31 heavy (non-hydrogen) atoms. The van der Waals surface area contributed by atoms with Crippen LogP contribution in [-0.4, -0.2) is 39.0 Å². The Morgan fingerprint density at radius 1 is 1.26 bits per heavy atom. The molecular formula is C23H22N4O4. The number of nitro benzene ring substituents is 1. The molecular weight excluding hydrogens is 396 g/mol. The van der Waals surface area contributed by atoms with Crippen molar-refractivity contribution >= 4 is 17.7 Å². The fraction of sp³-hybridized carbons (Fsp3) is 0.261. The molecule has 0 N–H and O–H groups in total. The predicted octanol–water partition coefficient (Wildman–Crippen LogP) is 4.37. The first-order valence-electron chi connectivity index (χ1n) is 10.1. The van der Waals surface area contributed by atoms with Crippen LogP contribution in [0.2, 0.25) is 0 Å². The quantitative estimate of drug-likeness (QED) is 0.346. The van der Waals surface area contributed by atoms with Crippen molar-refractivity contribution in [2.24, 2.45) is 0 Å². The Labute approximate surface area is 179 Å². The molecule has 1 aliphatic heterocycles. The SMILES string of the molecule is Cc1cccc(-c2noc(C3CCCN(C(=O)/C=C/c4ccc([N+](=O)[O-])cc4)C3)n2)c1. The van der Waals surface area contributed by atoms with Crippen LogP contribution in [0.25, 0.3) is 17.5 Å². The van der Waals surface area contributed by atoms with E-state index in [-0.39, 0.29) is 17.5 Å². The van der Waals surface area contributed by atoms with E-state index in [9.17, 15) is 14.9 Å². The first kappa shape index (κ1) is 20.5. The van der Waals surface area contributed by atoms with Gasteiger partial charge in [0.2, 0.25) is 17.6 Å². The smallest absolute Gasteiger partial charge is 0.269 e. The van der Waals surface area contributed by atoms with Crippen LogP contribution in [0.1, 0.15) is 35.8 Å². The van der Waals surface area contributed by atoms with Crippen LogP contribution in [-0.2, 0) is 4.79 Å². The van der Waals surface area contributed by atoms with Gasteiger partial charge < -0.3 is 9.42 Å². The van der Waals surface area contributed by atoms with Gasteiger partial charge in [-0.15, -0.1) is 0 Å². The van der Waals surface area contributed by atoms with Gasteiger partial charge in [-0.1, -0.05) is 28.9 Å². The molecule has 3 aromatic rings. The molecule has 8 nitrogen and oxygen atoms in total. The van der Waals surface area contributed by atoms with E-state index in [1.54, 1.807) is 23.1 Å². The van der Waals surface area contributed by atoms with Gasteiger partial charge in [-0.05, 0) is 49.6 Å². The lowest BCUT2D eigenvalue weighted by Gasteiger charge is -2.30. The number of carbonyl (C=O) groups is 1. The van der Waals surface area contributed by atoms with Crippen molar-refractivity contribution in [3.05, 3.63) is 81.7 Å². The molecule has 1 aromatic heterocycles. The molecule has 8 heteroatoms. The summed E-state index contributed by atoms with van der Waals surface area (Å²) in [6.45, 7) is 3.19. The number of nitrogens with zero attached hydrogens (tertiary/aromatic N) is 4. The number of hydrogen-bond donors (Lipinski definition) is 0. The van der Waals surface area contributed by atoms with Gasteiger partial charge in [-0.25, -0.2) is 0 Å². The molecule has 0 aliphatic carbocycles. The molecule has 1 unspecified atom stereocenters. The van der Waals surface area contributed by atoms with Crippen molar-refractivity contribution in [1.82, 2.24) is 15.0 Å². The molecule has 2 heterocycles. The molecule has 1 saturated heterocycles. The second-order valence-electron chi connectivity index (χ2n) is 7.63. The second kappa shape index (κ2) is 8.91. The van der Waals surface area contributed by atoms with Gasteiger partial charge in [0.1, 0.15) is 0 Å². The van der Waals surface area contributed by atoms with Crippen LogP contribution >= 0.6 is 0 Å². The maximum atomic E-state index is 12.7. The summed E-state index contributed by atoms with van der Waals surface area (Å²) in [4.78, 5) is 29.3. The van der Waals surface area contributed by atoms with Crippen molar-refractivity contribution in [2.75, 3.05) is 13.1 Å². The first-order valence-corrected chi connectivity index (χ1v) is 10.1. The van der Waals surface area contributed by atoms with Crippen molar-refractivity contribution in [3.63, 3.8) is 0 Å². The van der Waals surface area contributed by atoms with Gasteiger partial charge in [0, 0.05) is 36.9 Å². The van der Waals surface area contributed by atoms with Gasteiger partial charge >= 0.3 is 0 Å². The average Bonchev–Trinajstić information content (AvgIpc) is 3.28. The second-order valence-corrected chi connectivity index (χ2v) is 7.63. The molecule has 1 atom stereocenters. The molecule has 1 amide bonds. The van der Waals surface area contributed by atoms with E-state index in [0.717, 1.165) is 29.5 Å². The minimum absolute atomic E-state index is 0.00321. The molecule has 1 aliphatic rings. The lowest BCUT2D eigenvalue weighted by molar-refractivity contribution is -0.384. The summed E-state index contributed by atoms with van der Waals surface area (Å²) in [5.41, 5.74) is 2.78. The Bertz CT molecular complexity index is 1120. The Hall–Kier alpha value is -3.81. The summed E-state index contributed by atoms with van der Waals surface area (Å²) in [7, 11) is 0. The van der Waals surface area contributed by atoms with Crippen LogP contribution in [0, 0.1) is 17.0 Å². The minimum Gasteiger partial charge on any atom is -0.339 e. The third-order valence-corrected chi connectivity index (χ3v) is 5.32. The lowest BCUT2D eigenvalue weighted by atomic mass is 9.98. The maximum absolute atomic E-state index is 12.7. The number of amides is 1. The van der Waals surface area contributed by atoms with Crippen molar-refractivity contribution in [2.45, 2.75) is 25.7 Å². The summed E-state index contributed by atoms with van der Waals surface area (Å²) in [6.07, 6.45) is 4.89. The van der Waals surface area contributed by atoms with Crippen LogP contribution in [0.5, 0.6) is 0 Å². The Kier molecular flexibility index (Phi) is 5.88. The van der Waals surface area contributed by atoms with E-state index in [1.807, 2.05) is 31.2 Å². The fourth-order valence-electron chi connectivity index (χ4n) is 3.66. The Morgan fingerprint density at radius 2 is 2.06 bits per heavy atom. The summed E-state index contributed by atoms with van der Waals surface area (Å²) >= 11 is 0. The Morgan fingerprint density at radius 3 is 2.81 bits per heavy atom. The van der Waals surface area contributed by atoms with E-state index in [0.29, 0.717) is 24.8 Å². The number of likely N-dealkylation sites (tertiary alicyclic amines) is 1. The van der Waals surface area contributed by atoms with E-state index < -0.39 is 4.92 Å². The van der Waals surface area contributed by atoms with E-state index in [4.69, 9.17) is 4.52 Å². The number of piperidine rings is 1. The summed E-state index contributed by atoms with van der Waals surface area (Å²) < 4.78 is 5.51. The third kappa shape index (κ3) is 4.85. The zero-order chi connectivity index (χ0) is 21.8. The summed E-state index contributed by atoms with van der Waals surface area (Å²) in [5.74, 6) is 0.992. The highest BCUT2D eigenvalue weighted by Crippen LogP contribution is 2.28. The molecule has 1 fully saturated rings. The highest BCUT2D eigenvalue weighted by molar-refractivity contribution is 5.91. The van der Waals surface area contributed by atoms with Gasteiger partial charge in [0.25, 0.3) is 5.69 Å². The number of non-ortho nitro benzene ring substituents is 1.